The van der Waals surface area contributed by atoms with Crippen molar-refractivity contribution in [2.45, 2.75) is 6.54 Å². The summed E-state index contributed by atoms with van der Waals surface area (Å²) in [4.78, 5) is 4.33. The lowest BCUT2D eigenvalue weighted by Crippen LogP contribution is -2.07. The smallest absolute Gasteiger partial charge is 0.0954 e. The van der Waals surface area contributed by atoms with Crippen molar-refractivity contribution < 1.29 is 0 Å². The van der Waals surface area contributed by atoms with Gasteiger partial charge < -0.3 is 10.3 Å². The molecule has 0 unspecified atom stereocenters. The Morgan fingerprint density at radius 2 is 2.00 bits per heavy atom. The van der Waals surface area contributed by atoms with Crippen LogP contribution in [-0.2, 0) is 6.54 Å². The van der Waals surface area contributed by atoms with Gasteiger partial charge in [-0.1, -0.05) is 28.1 Å². The number of imidazole rings is 1. The molecule has 15 heavy (non-hydrogen) atoms. The Kier molecular flexibility index (Phi) is 3.18. The maximum Gasteiger partial charge on any atom is 0.0954 e. The Balaban J connectivity index is 2.25. The fourth-order valence-electron chi connectivity index (χ4n) is 1.40. The highest BCUT2D eigenvalue weighted by Crippen LogP contribution is 2.19. The van der Waals surface area contributed by atoms with Crippen LogP contribution in [0.15, 0.2) is 41.3 Å². The van der Waals surface area contributed by atoms with Crippen molar-refractivity contribution in [2.75, 3.05) is 6.54 Å². The van der Waals surface area contributed by atoms with E-state index in [1.54, 1.807) is 0 Å². The van der Waals surface area contributed by atoms with Crippen LogP contribution in [0.2, 0.25) is 0 Å². The van der Waals surface area contributed by atoms with E-state index in [0.717, 1.165) is 22.3 Å². The zero-order valence-electron chi connectivity index (χ0n) is 8.23. The first-order valence-corrected chi connectivity index (χ1v) is 5.56. The molecule has 2 rings (SSSR count). The number of benzene rings is 1. The normalized spacial score (nSPS) is 10.5. The summed E-state index contributed by atoms with van der Waals surface area (Å²) in [6, 6.07) is 8.10. The fraction of sp³-hybridized carbons (Fsp3) is 0.182. The zero-order chi connectivity index (χ0) is 10.7. The molecular formula is C11H12BrN3. The van der Waals surface area contributed by atoms with Crippen LogP contribution in [0.4, 0.5) is 0 Å². The molecule has 0 fully saturated rings. The molecule has 0 atom stereocenters. The summed E-state index contributed by atoms with van der Waals surface area (Å²) in [5.74, 6) is 0. The quantitative estimate of drug-likeness (QED) is 0.926. The molecule has 0 aliphatic heterocycles. The van der Waals surface area contributed by atoms with Gasteiger partial charge in [0.05, 0.1) is 12.0 Å². The standard InChI is InChI=1S/C11H12BrN3/c12-10-3-1-9(2-4-10)11-7-15(6-5-13)8-14-11/h1-4,7-8H,5-6,13H2. The molecule has 2 N–H and O–H groups in total. The van der Waals surface area contributed by atoms with Gasteiger partial charge in [0.25, 0.3) is 0 Å². The molecule has 0 saturated heterocycles. The van der Waals surface area contributed by atoms with E-state index >= 15 is 0 Å². The third kappa shape index (κ3) is 2.46. The lowest BCUT2D eigenvalue weighted by molar-refractivity contribution is 0.708. The van der Waals surface area contributed by atoms with E-state index in [9.17, 15) is 0 Å². The number of nitrogens with zero attached hydrogens (tertiary/aromatic N) is 2. The fourth-order valence-corrected chi connectivity index (χ4v) is 1.67. The van der Waals surface area contributed by atoms with Crippen LogP contribution in [0.5, 0.6) is 0 Å². The van der Waals surface area contributed by atoms with E-state index in [1.807, 2.05) is 41.4 Å². The van der Waals surface area contributed by atoms with Gasteiger partial charge in [-0.15, -0.1) is 0 Å². The predicted molar refractivity (Wildman–Crippen MR) is 64.4 cm³/mol. The molecule has 3 nitrogen and oxygen atoms in total. The van der Waals surface area contributed by atoms with Crippen LogP contribution in [0.25, 0.3) is 11.3 Å². The van der Waals surface area contributed by atoms with Gasteiger partial charge >= 0.3 is 0 Å². The van der Waals surface area contributed by atoms with E-state index in [-0.39, 0.29) is 0 Å². The highest BCUT2D eigenvalue weighted by Gasteiger charge is 2.01. The van der Waals surface area contributed by atoms with Crippen molar-refractivity contribution in [1.82, 2.24) is 9.55 Å². The summed E-state index contributed by atoms with van der Waals surface area (Å²) in [6.07, 6.45) is 3.82. The molecule has 1 aromatic heterocycles. The van der Waals surface area contributed by atoms with Gasteiger partial charge in [0.15, 0.2) is 0 Å². The number of halogens is 1. The van der Waals surface area contributed by atoms with Crippen LogP contribution < -0.4 is 5.73 Å². The van der Waals surface area contributed by atoms with Gasteiger partial charge in [0.1, 0.15) is 0 Å². The summed E-state index contributed by atoms with van der Waals surface area (Å²) < 4.78 is 3.07. The van der Waals surface area contributed by atoms with Crippen LogP contribution in [0, 0.1) is 0 Å². The van der Waals surface area contributed by atoms with Gasteiger partial charge in [-0.25, -0.2) is 4.98 Å². The summed E-state index contributed by atoms with van der Waals surface area (Å²) in [7, 11) is 0. The summed E-state index contributed by atoms with van der Waals surface area (Å²) in [6.45, 7) is 1.44. The molecule has 0 amide bonds. The molecule has 0 spiro atoms. The van der Waals surface area contributed by atoms with Crippen LogP contribution in [0.3, 0.4) is 0 Å². The minimum Gasteiger partial charge on any atom is -0.336 e. The van der Waals surface area contributed by atoms with Crippen molar-refractivity contribution in [1.29, 1.82) is 0 Å². The molecule has 0 aliphatic rings. The van der Waals surface area contributed by atoms with Crippen LogP contribution >= 0.6 is 15.9 Å². The second-order valence-electron chi connectivity index (χ2n) is 3.29. The molecule has 0 radical (unpaired) electrons. The monoisotopic (exact) mass is 265 g/mol. The SMILES string of the molecule is NCCn1cnc(-c2ccc(Br)cc2)c1. The third-order valence-electron chi connectivity index (χ3n) is 2.16. The molecule has 2 aromatic rings. The first kappa shape index (κ1) is 10.4. The van der Waals surface area contributed by atoms with Gasteiger partial charge in [-0.05, 0) is 12.1 Å². The lowest BCUT2D eigenvalue weighted by atomic mass is 10.2. The van der Waals surface area contributed by atoms with E-state index in [1.165, 1.54) is 0 Å². The summed E-state index contributed by atoms with van der Waals surface area (Å²) in [5, 5.41) is 0. The molecule has 0 saturated carbocycles. The average molecular weight is 266 g/mol. The minimum atomic E-state index is 0.635. The second kappa shape index (κ2) is 4.59. The van der Waals surface area contributed by atoms with Crippen LogP contribution in [-0.4, -0.2) is 16.1 Å². The first-order chi connectivity index (χ1) is 7.29. The lowest BCUT2D eigenvalue weighted by Gasteiger charge is -1.97. The Morgan fingerprint density at radius 3 is 2.67 bits per heavy atom. The highest BCUT2D eigenvalue weighted by molar-refractivity contribution is 9.10. The van der Waals surface area contributed by atoms with Crippen molar-refractivity contribution in [3.05, 3.63) is 41.3 Å². The van der Waals surface area contributed by atoms with E-state index in [2.05, 4.69) is 20.9 Å². The summed E-state index contributed by atoms with van der Waals surface area (Å²) in [5.41, 5.74) is 7.58. The van der Waals surface area contributed by atoms with Crippen molar-refractivity contribution in [3.8, 4) is 11.3 Å². The Hall–Kier alpha value is -1.13. The van der Waals surface area contributed by atoms with Crippen molar-refractivity contribution >= 4 is 15.9 Å². The number of hydrogen-bond acceptors (Lipinski definition) is 2. The van der Waals surface area contributed by atoms with Gasteiger partial charge in [-0.3, -0.25) is 0 Å². The number of hydrogen-bond donors (Lipinski definition) is 1. The Bertz CT molecular complexity index is 433. The maximum absolute atomic E-state index is 5.47. The molecule has 0 aliphatic carbocycles. The van der Waals surface area contributed by atoms with E-state index in [4.69, 9.17) is 5.73 Å². The largest absolute Gasteiger partial charge is 0.336 e. The number of nitrogens with two attached hydrogens (primary N) is 1. The molecule has 1 aromatic carbocycles. The third-order valence-corrected chi connectivity index (χ3v) is 2.69. The Morgan fingerprint density at radius 1 is 1.27 bits per heavy atom. The topological polar surface area (TPSA) is 43.8 Å². The first-order valence-electron chi connectivity index (χ1n) is 4.77. The van der Waals surface area contributed by atoms with Crippen LogP contribution in [0.1, 0.15) is 0 Å². The van der Waals surface area contributed by atoms with Crippen molar-refractivity contribution in [3.63, 3.8) is 0 Å². The Labute approximate surface area is 97.1 Å². The average Bonchev–Trinajstić information content (AvgIpc) is 2.68. The maximum atomic E-state index is 5.47. The van der Waals surface area contributed by atoms with Crippen molar-refractivity contribution in [2.24, 2.45) is 5.73 Å². The molecular weight excluding hydrogens is 254 g/mol. The van der Waals surface area contributed by atoms with Gasteiger partial charge in [-0.2, -0.15) is 0 Å². The summed E-state index contributed by atoms with van der Waals surface area (Å²) >= 11 is 3.41. The molecule has 78 valence electrons. The van der Waals surface area contributed by atoms with Gasteiger partial charge in [0, 0.05) is 29.3 Å². The molecule has 0 bridgehead atoms. The molecule has 4 heteroatoms. The highest BCUT2D eigenvalue weighted by atomic mass is 79.9. The minimum absolute atomic E-state index is 0.635. The van der Waals surface area contributed by atoms with E-state index < -0.39 is 0 Å². The number of rotatable bonds is 3. The second-order valence-corrected chi connectivity index (χ2v) is 4.21. The predicted octanol–water partition coefficient (Wildman–Crippen LogP) is 2.27. The zero-order valence-corrected chi connectivity index (χ0v) is 9.81. The number of aromatic nitrogens is 2. The molecule has 1 heterocycles. The van der Waals surface area contributed by atoms with E-state index in [0.29, 0.717) is 6.54 Å². The van der Waals surface area contributed by atoms with Gasteiger partial charge in [0.2, 0.25) is 0 Å².